The number of ether oxygens (including phenoxy) is 1. The van der Waals surface area contributed by atoms with E-state index in [0.717, 1.165) is 15.6 Å². The van der Waals surface area contributed by atoms with Crippen molar-refractivity contribution in [2.24, 2.45) is 5.73 Å². The number of thiophene rings is 1. The molecule has 86 valence electrons. The molecule has 0 unspecified atom stereocenters. The van der Waals surface area contributed by atoms with Crippen LogP contribution < -0.4 is 5.73 Å². The highest BCUT2D eigenvalue weighted by Gasteiger charge is 2.17. The van der Waals surface area contributed by atoms with E-state index in [1.807, 2.05) is 24.3 Å². The number of carbonyl (C=O) groups excluding carboxylic acids is 1. The molecule has 1 aromatic carbocycles. The van der Waals surface area contributed by atoms with E-state index in [1.54, 1.807) is 0 Å². The molecule has 0 radical (unpaired) electrons. The molecule has 0 amide bonds. The Bertz CT molecular complexity index is 510. The number of fused-ring (bicyclic) bond motifs is 1. The third kappa shape index (κ3) is 2.04. The number of carbonyl (C=O) groups is 1. The smallest absolute Gasteiger partial charge is 0.348 e. The summed E-state index contributed by atoms with van der Waals surface area (Å²) in [7, 11) is 1.38. The van der Waals surface area contributed by atoms with Gasteiger partial charge in [-0.3, -0.25) is 0 Å². The molecule has 0 spiro atoms. The van der Waals surface area contributed by atoms with Crippen molar-refractivity contribution in [2.75, 3.05) is 7.11 Å². The molecule has 16 heavy (non-hydrogen) atoms. The Morgan fingerprint density at radius 2 is 2.12 bits per heavy atom. The molecule has 0 aliphatic carbocycles. The summed E-state index contributed by atoms with van der Waals surface area (Å²) in [5.41, 5.74) is 6.53. The molecule has 0 atom stereocenters. The van der Waals surface area contributed by atoms with Crippen molar-refractivity contribution in [3.63, 3.8) is 0 Å². The lowest BCUT2D eigenvalue weighted by Gasteiger charge is -1.98. The monoisotopic (exact) mass is 257 g/mol. The summed E-state index contributed by atoms with van der Waals surface area (Å²) in [6, 6.07) is 7.83. The lowest BCUT2D eigenvalue weighted by molar-refractivity contribution is 0.0605. The zero-order chi connectivity index (χ0) is 10.8. The van der Waals surface area contributed by atoms with Crippen LogP contribution in [-0.2, 0) is 11.3 Å². The molecule has 0 fully saturated rings. The van der Waals surface area contributed by atoms with Gasteiger partial charge in [0.2, 0.25) is 0 Å². The highest BCUT2D eigenvalue weighted by atomic mass is 35.5. The second-order valence-electron chi connectivity index (χ2n) is 3.10. The van der Waals surface area contributed by atoms with E-state index >= 15 is 0 Å². The summed E-state index contributed by atoms with van der Waals surface area (Å²) in [4.78, 5) is 12.1. The minimum Gasteiger partial charge on any atom is -0.465 e. The molecule has 2 rings (SSSR count). The number of benzene rings is 1. The van der Waals surface area contributed by atoms with Crippen LogP contribution >= 0.6 is 23.7 Å². The van der Waals surface area contributed by atoms with E-state index in [9.17, 15) is 4.79 Å². The predicted octanol–water partition coefficient (Wildman–Crippen LogP) is 2.57. The van der Waals surface area contributed by atoms with Gasteiger partial charge in [-0.15, -0.1) is 23.7 Å². The van der Waals surface area contributed by atoms with Gasteiger partial charge < -0.3 is 10.5 Å². The van der Waals surface area contributed by atoms with Gasteiger partial charge in [0, 0.05) is 11.2 Å². The van der Waals surface area contributed by atoms with Gasteiger partial charge >= 0.3 is 5.97 Å². The van der Waals surface area contributed by atoms with E-state index in [2.05, 4.69) is 0 Å². The molecule has 2 aromatic rings. The van der Waals surface area contributed by atoms with E-state index in [-0.39, 0.29) is 18.4 Å². The van der Waals surface area contributed by atoms with Crippen LogP contribution in [0.25, 0.3) is 10.1 Å². The lowest BCUT2D eigenvalue weighted by atomic mass is 10.1. The molecule has 1 aromatic heterocycles. The Hall–Kier alpha value is -1.10. The Morgan fingerprint density at radius 1 is 1.44 bits per heavy atom. The molecule has 5 heteroatoms. The van der Waals surface area contributed by atoms with Crippen molar-refractivity contribution in [1.82, 2.24) is 0 Å². The van der Waals surface area contributed by atoms with Crippen molar-refractivity contribution < 1.29 is 9.53 Å². The Kier molecular flexibility index (Phi) is 4.29. The largest absolute Gasteiger partial charge is 0.465 e. The van der Waals surface area contributed by atoms with Gasteiger partial charge in [-0.1, -0.05) is 18.2 Å². The third-order valence-corrected chi connectivity index (χ3v) is 3.47. The summed E-state index contributed by atoms with van der Waals surface area (Å²) >= 11 is 1.43. The summed E-state index contributed by atoms with van der Waals surface area (Å²) in [5.74, 6) is -0.309. The second kappa shape index (κ2) is 5.30. The van der Waals surface area contributed by atoms with Crippen LogP contribution in [0, 0.1) is 0 Å². The summed E-state index contributed by atoms with van der Waals surface area (Å²) in [5, 5.41) is 1.05. The van der Waals surface area contributed by atoms with Crippen LogP contribution in [0.2, 0.25) is 0 Å². The van der Waals surface area contributed by atoms with E-state index < -0.39 is 0 Å². The van der Waals surface area contributed by atoms with Crippen molar-refractivity contribution in [1.29, 1.82) is 0 Å². The normalized spacial score (nSPS) is 9.88. The fourth-order valence-electron chi connectivity index (χ4n) is 1.56. The SMILES string of the molecule is COC(=O)c1sc2ccccc2c1CN.Cl. The van der Waals surface area contributed by atoms with Gasteiger partial charge in [0.05, 0.1) is 7.11 Å². The van der Waals surface area contributed by atoms with Crippen LogP contribution in [-0.4, -0.2) is 13.1 Å². The number of hydrogen-bond donors (Lipinski definition) is 1. The standard InChI is InChI=1S/C11H11NO2S.ClH/c1-14-11(13)10-8(6-12)7-4-2-3-5-9(7)15-10;/h2-5H,6,12H2,1H3;1H. The van der Waals surface area contributed by atoms with Crippen LogP contribution in [0.4, 0.5) is 0 Å². The summed E-state index contributed by atoms with van der Waals surface area (Å²) in [6.45, 7) is 0.356. The topological polar surface area (TPSA) is 52.3 Å². The second-order valence-corrected chi connectivity index (χ2v) is 4.15. The molecule has 0 saturated heterocycles. The Balaban J connectivity index is 0.00000128. The average Bonchev–Trinajstić information content (AvgIpc) is 2.66. The minimum atomic E-state index is -0.309. The van der Waals surface area contributed by atoms with E-state index in [1.165, 1.54) is 18.4 Å². The van der Waals surface area contributed by atoms with Crippen LogP contribution in [0.3, 0.4) is 0 Å². The number of hydrogen-bond acceptors (Lipinski definition) is 4. The van der Waals surface area contributed by atoms with Crippen LogP contribution in [0.5, 0.6) is 0 Å². The quantitative estimate of drug-likeness (QED) is 0.842. The highest BCUT2D eigenvalue weighted by Crippen LogP contribution is 2.31. The maximum absolute atomic E-state index is 11.5. The van der Waals surface area contributed by atoms with Crippen molar-refractivity contribution in [3.05, 3.63) is 34.7 Å². The molecule has 2 N–H and O–H groups in total. The molecule has 0 aliphatic rings. The zero-order valence-corrected chi connectivity index (χ0v) is 10.4. The van der Waals surface area contributed by atoms with Gasteiger partial charge in [-0.2, -0.15) is 0 Å². The summed E-state index contributed by atoms with van der Waals surface area (Å²) < 4.78 is 5.79. The van der Waals surface area contributed by atoms with E-state index in [4.69, 9.17) is 10.5 Å². The number of esters is 1. The number of nitrogens with two attached hydrogens (primary N) is 1. The van der Waals surface area contributed by atoms with Crippen molar-refractivity contribution in [2.45, 2.75) is 6.54 Å². The minimum absolute atomic E-state index is 0. The first-order valence-corrected chi connectivity index (χ1v) is 5.38. The number of rotatable bonds is 2. The number of halogens is 1. The van der Waals surface area contributed by atoms with Gasteiger partial charge in [-0.05, 0) is 17.0 Å². The molecule has 0 saturated carbocycles. The molecule has 0 bridgehead atoms. The first-order chi connectivity index (χ1) is 7.27. The first kappa shape index (κ1) is 13.0. The number of methoxy groups -OCH3 is 1. The highest BCUT2D eigenvalue weighted by molar-refractivity contribution is 7.21. The Morgan fingerprint density at radius 3 is 2.75 bits per heavy atom. The maximum Gasteiger partial charge on any atom is 0.348 e. The molecule has 1 heterocycles. The van der Waals surface area contributed by atoms with Crippen LogP contribution in [0.15, 0.2) is 24.3 Å². The van der Waals surface area contributed by atoms with Crippen LogP contribution in [0.1, 0.15) is 15.2 Å². The molecular formula is C11H12ClNO2S. The van der Waals surface area contributed by atoms with Gasteiger partial charge in [0.25, 0.3) is 0 Å². The average molecular weight is 258 g/mol. The van der Waals surface area contributed by atoms with Gasteiger partial charge in [0.1, 0.15) is 4.88 Å². The first-order valence-electron chi connectivity index (χ1n) is 4.56. The Labute approximate surface area is 104 Å². The molecule has 0 aliphatic heterocycles. The van der Waals surface area contributed by atoms with Gasteiger partial charge in [0.15, 0.2) is 0 Å². The fraction of sp³-hybridized carbons (Fsp3) is 0.182. The fourth-order valence-corrected chi connectivity index (χ4v) is 2.71. The molecule has 3 nitrogen and oxygen atoms in total. The molecular weight excluding hydrogens is 246 g/mol. The van der Waals surface area contributed by atoms with E-state index in [0.29, 0.717) is 11.4 Å². The maximum atomic E-state index is 11.5. The zero-order valence-electron chi connectivity index (χ0n) is 8.73. The van der Waals surface area contributed by atoms with Crippen molar-refractivity contribution >= 4 is 39.8 Å². The predicted molar refractivity (Wildman–Crippen MR) is 68.3 cm³/mol. The van der Waals surface area contributed by atoms with Crippen molar-refractivity contribution in [3.8, 4) is 0 Å². The summed E-state index contributed by atoms with van der Waals surface area (Å²) in [6.07, 6.45) is 0. The van der Waals surface area contributed by atoms with Gasteiger partial charge in [-0.25, -0.2) is 4.79 Å². The third-order valence-electron chi connectivity index (χ3n) is 2.27. The lowest BCUT2D eigenvalue weighted by Crippen LogP contribution is -2.05.